The van der Waals surface area contributed by atoms with Gasteiger partial charge in [0.05, 0.1) is 6.61 Å². The van der Waals surface area contributed by atoms with Gasteiger partial charge in [0.15, 0.2) is 18.1 Å². The molecular weight excluding hydrogens is 282 g/mol. The van der Waals surface area contributed by atoms with E-state index in [9.17, 15) is 9.59 Å². The third-order valence-electron chi connectivity index (χ3n) is 2.95. The Morgan fingerprint density at radius 1 is 1.27 bits per heavy atom. The fourth-order valence-electron chi connectivity index (χ4n) is 1.92. The van der Waals surface area contributed by atoms with Gasteiger partial charge in [0.1, 0.15) is 6.29 Å². The minimum Gasteiger partial charge on any atom is -0.490 e. The van der Waals surface area contributed by atoms with Crippen LogP contribution in [-0.2, 0) is 4.79 Å². The zero-order valence-corrected chi connectivity index (χ0v) is 13.4. The summed E-state index contributed by atoms with van der Waals surface area (Å²) in [5.41, 5.74) is 1.42. The Morgan fingerprint density at radius 3 is 2.55 bits per heavy atom. The minimum atomic E-state index is -0.118. The SMILES string of the molecule is C=C(C)CN(CC)C(=O)COc1ccc(C=O)cc1OCC. The number of ether oxygens (including phenoxy) is 2. The lowest BCUT2D eigenvalue weighted by Crippen LogP contribution is -2.35. The number of carbonyl (C=O) groups excluding carboxylic acids is 2. The molecular formula is C17H23NO4. The zero-order valence-electron chi connectivity index (χ0n) is 13.4. The summed E-state index contributed by atoms with van der Waals surface area (Å²) < 4.78 is 11.0. The fraction of sp³-hybridized carbons (Fsp3) is 0.412. The summed E-state index contributed by atoms with van der Waals surface area (Å²) in [5.74, 6) is 0.794. The molecule has 0 aliphatic heterocycles. The number of hydrogen-bond acceptors (Lipinski definition) is 4. The van der Waals surface area contributed by atoms with Crippen LogP contribution in [0.5, 0.6) is 11.5 Å². The summed E-state index contributed by atoms with van der Waals surface area (Å²) in [6.07, 6.45) is 0.739. The molecule has 0 N–H and O–H groups in total. The van der Waals surface area contributed by atoms with Gasteiger partial charge in [-0.05, 0) is 39.0 Å². The molecule has 0 radical (unpaired) electrons. The monoisotopic (exact) mass is 305 g/mol. The van der Waals surface area contributed by atoms with E-state index in [0.717, 1.165) is 11.9 Å². The largest absolute Gasteiger partial charge is 0.490 e. The molecule has 1 aromatic carbocycles. The van der Waals surface area contributed by atoms with Crippen molar-refractivity contribution in [3.63, 3.8) is 0 Å². The predicted molar refractivity (Wildman–Crippen MR) is 85.6 cm³/mol. The van der Waals surface area contributed by atoms with Crippen molar-refractivity contribution < 1.29 is 19.1 Å². The molecule has 1 aromatic rings. The van der Waals surface area contributed by atoms with Crippen LogP contribution < -0.4 is 9.47 Å². The Labute approximate surface area is 131 Å². The molecule has 0 aromatic heterocycles. The van der Waals surface area contributed by atoms with Crippen LogP contribution in [0.1, 0.15) is 31.1 Å². The van der Waals surface area contributed by atoms with Crippen LogP contribution >= 0.6 is 0 Å². The second-order valence-corrected chi connectivity index (χ2v) is 4.91. The van der Waals surface area contributed by atoms with Crippen molar-refractivity contribution in [1.29, 1.82) is 0 Å². The molecule has 1 rings (SSSR count). The molecule has 0 heterocycles. The Bertz CT molecular complexity index is 539. The summed E-state index contributed by atoms with van der Waals surface area (Å²) >= 11 is 0. The second-order valence-electron chi connectivity index (χ2n) is 4.91. The van der Waals surface area contributed by atoms with Crippen molar-refractivity contribution in [3.05, 3.63) is 35.9 Å². The van der Waals surface area contributed by atoms with Gasteiger partial charge >= 0.3 is 0 Å². The number of amides is 1. The van der Waals surface area contributed by atoms with Gasteiger partial charge < -0.3 is 14.4 Å². The first-order chi connectivity index (χ1) is 10.5. The topological polar surface area (TPSA) is 55.8 Å². The first-order valence-corrected chi connectivity index (χ1v) is 7.28. The average molecular weight is 305 g/mol. The fourth-order valence-corrected chi connectivity index (χ4v) is 1.92. The van der Waals surface area contributed by atoms with Crippen LogP contribution in [0.25, 0.3) is 0 Å². The number of rotatable bonds is 9. The molecule has 120 valence electrons. The van der Waals surface area contributed by atoms with E-state index in [1.165, 1.54) is 0 Å². The van der Waals surface area contributed by atoms with Crippen molar-refractivity contribution >= 4 is 12.2 Å². The molecule has 0 atom stereocenters. The van der Waals surface area contributed by atoms with Gasteiger partial charge in [0.2, 0.25) is 0 Å². The summed E-state index contributed by atoms with van der Waals surface area (Å²) in [6, 6.07) is 4.86. The highest BCUT2D eigenvalue weighted by Gasteiger charge is 2.14. The number of likely N-dealkylation sites (N-methyl/N-ethyl adjacent to an activating group) is 1. The molecule has 22 heavy (non-hydrogen) atoms. The van der Waals surface area contributed by atoms with Gasteiger partial charge in [-0.15, -0.1) is 0 Å². The third kappa shape index (κ3) is 5.24. The normalized spacial score (nSPS) is 9.95. The Hall–Kier alpha value is -2.30. The van der Waals surface area contributed by atoms with E-state index in [2.05, 4.69) is 6.58 Å². The van der Waals surface area contributed by atoms with E-state index in [0.29, 0.717) is 36.8 Å². The minimum absolute atomic E-state index is 0.0817. The van der Waals surface area contributed by atoms with E-state index in [1.807, 2.05) is 20.8 Å². The smallest absolute Gasteiger partial charge is 0.260 e. The number of carbonyl (C=O) groups is 2. The van der Waals surface area contributed by atoms with Crippen molar-refractivity contribution in [2.45, 2.75) is 20.8 Å². The van der Waals surface area contributed by atoms with E-state index in [1.54, 1.807) is 23.1 Å². The summed E-state index contributed by atoms with van der Waals surface area (Å²) in [4.78, 5) is 24.6. The first kappa shape index (κ1) is 17.8. The zero-order chi connectivity index (χ0) is 16.5. The molecule has 5 heteroatoms. The third-order valence-corrected chi connectivity index (χ3v) is 2.95. The molecule has 0 spiro atoms. The highest BCUT2D eigenvalue weighted by atomic mass is 16.5. The van der Waals surface area contributed by atoms with Crippen molar-refractivity contribution in [1.82, 2.24) is 4.90 Å². The maximum absolute atomic E-state index is 12.1. The van der Waals surface area contributed by atoms with Gasteiger partial charge in [-0.2, -0.15) is 0 Å². The maximum Gasteiger partial charge on any atom is 0.260 e. The van der Waals surface area contributed by atoms with Gasteiger partial charge in [-0.1, -0.05) is 12.2 Å². The van der Waals surface area contributed by atoms with Gasteiger partial charge in [-0.3, -0.25) is 9.59 Å². The van der Waals surface area contributed by atoms with Crippen LogP contribution in [0.3, 0.4) is 0 Å². The van der Waals surface area contributed by atoms with Crippen LogP contribution in [0.15, 0.2) is 30.4 Å². The number of aldehydes is 1. The second kappa shape index (κ2) is 8.87. The number of nitrogens with zero attached hydrogens (tertiary/aromatic N) is 1. The first-order valence-electron chi connectivity index (χ1n) is 7.28. The summed E-state index contributed by atoms with van der Waals surface area (Å²) in [7, 11) is 0. The Balaban J connectivity index is 2.75. The van der Waals surface area contributed by atoms with Crippen molar-refractivity contribution in [2.24, 2.45) is 0 Å². The standard InChI is InChI=1S/C17H23NO4/c1-5-18(10-13(3)4)17(20)12-22-15-8-7-14(11-19)9-16(15)21-6-2/h7-9,11H,3,5-6,10,12H2,1-2,4H3. The molecule has 0 unspecified atom stereocenters. The lowest BCUT2D eigenvalue weighted by Gasteiger charge is -2.21. The molecule has 0 fully saturated rings. The average Bonchev–Trinajstić information content (AvgIpc) is 2.51. The highest BCUT2D eigenvalue weighted by Crippen LogP contribution is 2.28. The van der Waals surface area contributed by atoms with Crippen molar-refractivity contribution in [2.75, 3.05) is 26.3 Å². The Kier molecular flexibility index (Phi) is 7.16. The summed E-state index contributed by atoms with van der Waals surface area (Å²) in [5, 5.41) is 0. The molecule has 5 nitrogen and oxygen atoms in total. The van der Waals surface area contributed by atoms with Gasteiger partial charge in [-0.25, -0.2) is 0 Å². The highest BCUT2D eigenvalue weighted by molar-refractivity contribution is 5.78. The lowest BCUT2D eigenvalue weighted by molar-refractivity contribution is -0.132. The predicted octanol–water partition coefficient (Wildman–Crippen LogP) is 2.70. The molecule has 1 amide bonds. The van der Waals surface area contributed by atoms with Crippen LogP contribution in [0.2, 0.25) is 0 Å². The van der Waals surface area contributed by atoms with Crippen LogP contribution in [-0.4, -0.2) is 43.4 Å². The van der Waals surface area contributed by atoms with E-state index >= 15 is 0 Å². The van der Waals surface area contributed by atoms with E-state index in [-0.39, 0.29) is 12.5 Å². The Morgan fingerprint density at radius 2 is 2.00 bits per heavy atom. The summed E-state index contributed by atoms with van der Waals surface area (Å²) in [6.45, 7) is 10.9. The molecule has 0 saturated carbocycles. The van der Waals surface area contributed by atoms with Gasteiger partial charge in [0.25, 0.3) is 5.91 Å². The van der Waals surface area contributed by atoms with Crippen LogP contribution in [0, 0.1) is 0 Å². The maximum atomic E-state index is 12.1. The quantitative estimate of drug-likeness (QED) is 0.520. The molecule has 0 saturated heterocycles. The molecule has 0 aliphatic carbocycles. The number of hydrogen-bond donors (Lipinski definition) is 0. The molecule has 0 bridgehead atoms. The van der Waals surface area contributed by atoms with Crippen molar-refractivity contribution in [3.8, 4) is 11.5 Å². The number of benzene rings is 1. The van der Waals surface area contributed by atoms with E-state index < -0.39 is 0 Å². The van der Waals surface area contributed by atoms with Crippen LogP contribution in [0.4, 0.5) is 0 Å². The van der Waals surface area contributed by atoms with E-state index in [4.69, 9.17) is 9.47 Å². The lowest BCUT2D eigenvalue weighted by atomic mass is 10.2. The molecule has 0 aliphatic rings. The van der Waals surface area contributed by atoms with Gasteiger partial charge in [0, 0.05) is 18.7 Å².